The Hall–Kier alpha value is -1.81. The summed E-state index contributed by atoms with van der Waals surface area (Å²) in [7, 11) is 0. The smallest absolute Gasteiger partial charge is 0.269 e. The fraction of sp³-hybridized carbons (Fsp3) is 0.600. The summed E-state index contributed by atoms with van der Waals surface area (Å²) in [6.07, 6.45) is 5.81. The highest BCUT2D eigenvalue weighted by Crippen LogP contribution is 2.18. The van der Waals surface area contributed by atoms with Crippen LogP contribution in [0.3, 0.4) is 0 Å². The fourth-order valence-corrected chi connectivity index (χ4v) is 3.26. The molecule has 0 unspecified atom stereocenters. The molecule has 1 saturated carbocycles. The van der Waals surface area contributed by atoms with E-state index in [1.165, 1.54) is 24.6 Å². The first-order valence-corrected chi connectivity index (χ1v) is 8.58. The molecule has 2 N–H and O–H groups in total. The number of carbonyl (C=O) groups is 1. The van der Waals surface area contributed by atoms with Crippen molar-refractivity contribution in [3.8, 4) is 6.07 Å². The van der Waals surface area contributed by atoms with E-state index in [1.54, 1.807) is 0 Å². The van der Waals surface area contributed by atoms with Gasteiger partial charge in [-0.3, -0.25) is 9.59 Å². The number of rotatable bonds is 6. The van der Waals surface area contributed by atoms with E-state index in [0.29, 0.717) is 17.3 Å². The van der Waals surface area contributed by atoms with Gasteiger partial charge in [-0.1, -0.05) is 37.9 Å². The number of hydrogen-bond acceptors (Lipinski definition) is 5. The summed E-state index contributed by atoms with van der Waals surface area (Å²) in [5.41, 5.74) is 0.147. The normalized spacial score (nSPS) is 14.7. The highest BCUT2D eigenvalue weighted by Gasteiger charge is 2.17. The number of aromatic nitrogens is 2. The maximum Gasteiger partial charge on any atom is 0.269 e. The second-order valence-corrected chi connectivity index (χ2v) is 6.36. The molecule has 1 aromatic rings. The lowest BCUT2D eigenvalue weighted by Crippen LogP contribution is -2.34. The number of amides is 1. The van der Waals surface area contributed by atoms with E-state index in [9.17, 15) is 9.59 Å². The van der Waals surface area contributed by atoms with E-state index in [2.05, 4.69) is 15.3 Å². The van der Waals surface area contributed by atoms with E-state index in [0.717, 1.165) is 19.3 Å². The number of H-pyrrole nitrogens is 1. The van der Waals surface area contributed by atoms with Crippen molar-refractivity contribution in [3.05, 3.63) is 21.6 Å². The lowest BCUT2D eigenvalue weighted by Gasteiger charge is -2.11. The van der Waals surface area contributed by atoms with E-state index < -0.39 is 5.56 Å². The number of hydrogen-bond donors (Lipinski definition) is 2. The highest BCUT2D eigenvalue weighted by atomic mass is 32.2. The maximum atomic E-state index is 11.9. The number of nitrogens with zero attached hydrogens (tertiary/aromatic N) is 2. The summed E-state index contributed by atoms with van der Waals surface area (Å²) in [6.45, 7) is 1.96. The summed E-state index contributed by atoms with van der Waals surface area (Å²) in [4.78, 5) is 30.6. The fourth-order valence-electron chi connectivity index (χ4n) is 2.57. The quantitative estimate of drug-likeness (QED) is 0.614. The van der Waals surface area contributed by atoms with Gasteiger partial charge < -0.3 is 10.3 Å². The topological polar surface area (TPSA) is 98.6 Å². The van der Waals surface area contributed by atoms with Gasteiger partial charge in [0.1, 0.15) is 11.6 Å². The molecule has 6 nitrogen and oxygen atoms in total. The molecule has 0 atom stereocenters. The van der Waals surface area contributed by atoms with Crippen LogP contribution >= 0.6 is 11.8 Å². The van der Waals surface area contributed by atoms with Crippen molar-refractivity contribution in [1.82, 2.24) is 15.3 Å². The Morgan fingerprint density at radius 1 is 1.50 bits per heavy atom. The maximum absolute atomic E-state index is 11.9. The van der Waals surface area contributed by atoms with Crippen molar-refractivity contribution in [2.75, 3.05) is 5.75 Å². The molecule has 1 aromatic heterocycles. The molecule has 0 radical (unpaired) electrons. The van der Waals surface area contributed by atoms with Gasteiger partial charge >= 0.3 is 0 Å². The van der Waals surface area contributed by atoms with Crippen LogP contribution in [0.15, 0.2) is 9.95 Å². The zero-order valence-corrected chi connectivity index (χ0v) is 13.5. The summed E-state index contributed by atoms with van der Waals surface area (Å²) < 4.78 is 0. The Morgan fingerprint density at radius 3 is 2.86 bits per heavy atom. The van der Waals surface area contributed by atoms with Crippen LogP contribution < -0.4 is 10.9 Å². The van der Waals surface area contributed by atoms with Crippen LogP contribution in [0.5, 0.6) is 0 Å². The van der Waals surface area contributed by atoms with Gasteiger partial charge in [-0.25, -0.2) is 4.98 Å². The van der Waals surface area contributed by atoms with Crippen LogP contribution in [0, 0.1) is 11.3 Å². The number of nitriles is 1. The Kier molecular flexibility index (Phi) is 6.01. The van der Waals surface area contributed by atoms with Crippen molar-refractivity contribution in [3.63, 3.8) is 0 Å². The third-order valence-electron chi connectivity index (χ3n) is 3.63. The highest BCUT2D eigenvalue weighted by molar-refractivity contribution is 7.99. The molecule has 22 heavy (non-hydrogen) atoms. The molecule has 1 aliphatic rings. The standard InChI is InChI=1S/C15H20N4O2S/c1-2-5-12-11(8-16)14(21)19-15(18-12)22-9-13(20)17-10-6-3-4-7-10/h10H,2-7,9H2,1H3,(H,17,20)(H,18,19,21). The van der Waals surface area contributed by atoms with Gasteiger partial charge in [0.25, 0.3) is 5.56 Å². The van der Waals surface area contributed by atoms with Crippen LogP contribution in [0.2, 0.25) is 0 Å². The van der Waals surface area contributed by atoms with Gasteiger partial charge in [0.05, 0.1) is 11.4 Å². The van der Waals surface area contributed by atoms with Gasteiger partial charge in [0.15, 0.2) is 5.16 Å². The third-order valence-corrected chi connectivity index (χ3v) is 4.50. The first-order valence-electron chi connectivity index (χ1n) is 7.59. The minimum atomic E-state index is -0.431. The zero-order chi connectivity index (χ0) is 15.9. The van der Waals surface area contributed by atoms with Crippen molar-refractivity contribution in [2.24, 2.45) is 0 Å². The van der Waals surface area contributed by atoms with Crippen LogP contribution in [0.25, 0.3) is 0 Å². The Balaban J connectivity index is 1.98. The first kappa shape index (κ1) is 16.6. The number of thioether (sulfide) groups is 1. The molecule has 0 bridgehead atoms. The van der Waals surface area contributed by atoms with E-state index in [1.807, 2.05) is 13.0 Å². The van der Waals surface area contributed by atoms with Crippen LogP contribution in [0.4, 0.5) is 0 Å². The predicted molar refractivity (Wildman–Crippen MR) is 84.7 cm³/mol. The van der Waals surface area contributed by atoms with Gasteiger partial charge in [0.2, 0.25) is 5.91 Å². The molecule has 1 fully saturated rings. The minimum absolute atomic E-state index is 0.0408. The monoisotopic (exact) mass is 320 g/mol. The number of aryl methyl sites for hydroxylation is 1. The van der Waals surface area contributed by atoms with Crippen LogP contribution in [0.1, 0.15) is 50.3 Å². The average molecular weight is 320 g/mol. The molecule has 1 heterocycles. The summed E-state index contributed by atoms with van der Waals surface area (Å²) in [5, 5.41) is 12.4. The molecular weight excluding hydrogens is 300 g/mol. The Bertz CT molecular complexity index is 629. The Labute approximate surface area is 133 Å². The average Bonchev–Trinajstić information content (AvgIpc) is 2.98. The molecule has 0 spiro atoms. The molecule has 2 rings (SSSR count). The van der Waals surface area contributed by atoms with E-state index in [4.69, 9.17) is 5.26 Å². The van der Waals surface area contributed by atoms with Gasteiger partial charge in [0, 0.05) is 6.04 Å². The summed E-state index contributed by atoms with van der Waals surface area (Å²) in [5.74, 6) is 0.178. The molecule has 1 aliphatic carbocycles. The van der Waals surface area contributed by atoms with E-state index in [-0.39, 0.29) is 23.3 Å². The second-order valence-electron chi connectivity index (χ2n) is 5.39. The lowest BCUT2D eigenvalue weighted by atomic mass is 10.1. The van der Waals surface area contributed by atoms with Crippen LogP contribution in [-0.2, 0) is 11.2 Å². The van der Waals surface area contributed by atoms with Crippen molar-refractivity contribution >= 4 is 17.7 Å². The second kappa shape index (κ2) is 7.99. The molecule has 0 aromatic carbocycles. The van der Waals surface area contributed by atoms with Crippen molar-refractivity contribution < 1.29 is 4.79 Å². The lowest BCUT2D eigenvalue weighted by molar-refractivity contribution is -0.119. The zero-order valence-electron chi connectivity index (χ0n) is 12.6. The van der Waals surface area contributed by atoms with Crippen LogP contribution in [-0.4, -0.2) is 27.7 Å². The van der Waals surface area contributed by atoms with Crippen molar-refractivity contribution in [1.29, 1.82) is 5.26 Å². The molecule has 7 heteroatoms. The third kappa shape index (κ3) is 4.34. The summed E-state index contributed by atoms with van der Waals surface area (Å²) in [6, 6.07) is 2.18. The predicted octanol–water partition coefficient (Wildman–Crippen LogP) is 1.74. The van der Waals surface area contributed by atoms with Gasteiger partial charge in [-0.05, 0) is 19.3 Å². The first-order chi connectivity index (χ1) is 10.6. The van der Waals surface area contributed by atoms with E-state index >= 15 is 0 Å². The largest absolute Gasteiger partial charge is 0.353 e. The SMILES string of the molecule is CCCc1nc(SCC(=O)NC2CCCC2)[nH]c(=O)c1C#N. The van der Waals surface area contributed by atoms with Gasteiger partial charge in [-0.15, -0.1) is 0 Å². The molecule has 1 amide bonds. The molecular formula is C15H20N4O2S. The minimum Gasteiger partial charge on any atom is -0.353 e. The van der Waals surface area contributed by atoms with Crippen molar-refractivity contribution in [2.45, 2.75) is 56.6 Å². The Morgan fingerprint density at radius 2 is 2.23 bits per heavy atom. The number of aromatic amines is 1. The number of nitrogens with one attached hydrogen (secondary N) is 2. The number of carbonyl (C=O) groups excluding carboxylic acids is 1. The molecule has 0 saturated heterocycles. The summed E-state index contributed by atoms with van der Waals surface area (Å²) >= 11 is 1.20. The molecule has 118 valence electrons. The molecule has 0 aliphatic heterocycles. The van der Waals surface area contributed by atoms with Gasteiger partial charge in [-0.2, -0.15) is 5.26 Å².